The normalized spacial score (nSPS) is 17.1. The number of aromatic nitrogens is 4. The van der Waals surface area contributed by atoms with Gasteiger partial charge in [-0.25, -0.2) is 19.9 Å². The lowest BCUT2D eigenvalue weighted by molar-refractivity contribution is -0.120. The van der Waals surface area contributed by atoms with Crippen LogP contribution in [0.3, 0.4) is 0 Å². The standard InChI is InChI=1S/C17H22N6O/c1-12-11-13(6-7-15(24)18-2)22-16(21-12)14-5-3-10-23(14)17-19-8-4-9-20-17/h4,8-9,11,14H,3,5-7,10H2,1-2H3,(H,18,24)/t14-/m1/s1. The minimum Gasteiger partial charge on any atom is -0.359 e. The molecular formula is C17H22N6O. The Labute approximate surface area is 141 Å². The lowest BCUT2D eigenvalue weighted by Gasteiger charge is -2.23. The van der Waals surface area contributed by atoms with Gasteiger partial charge in [-0.3, -0.25) is 4.79 Å². The van der Waals surface area contributed by atoms with Crippen molar-refractivity contribution in [1.82, 2.24) is 25.3 Å². The summed E-state index contributed by atoms with van der Waals surface area (Å²) in [5.74, 6) is 1.54. The number of carbonyl (C=O) groups excluding carboxylic acids is 1. The fourth-order valence-corrected chi connectivity index (χ4v) is 3.02. The van der Waals surface area contributed by atoms with Crippen molar-refractivity contribution < 1.29 is 4.79 Å². The largest absolute Gasteiger partial charge is 0.359 e. The molecule has 0 aliphatic carbocycles. The van der Waals surface area contributed by atoms with Crippen LogP contribution in [-0.4, -0.2) is 39.4 Å². The molecule has 0 unspecified atom stereocenters. The lowest BCUT2D eigenvalue weighted by atomic mass is 10.1. The molecule has 24 heavy (non-hydrogen) atoms. The molecule has 1 saturated heterocycles. The molecule has 7 nitrogen and oxygen atoms in total. The van der Waals surface area contributed by atoms with E-state index in [2.05, 4.69) is 25.2 Å². The van der Waals surface area contributed by atoms with Gasteiger partial charge in [-0.15, -0.1) is 0 Å². The van der Waals surface area contributed by atoms with E-state index in [9.17, 15) is 4.79 Å². The summed E-state index contributed by atoms with van der Waals surface area (Å²) in [6.07, 6.45) is 6.60. The summed E-state index contributed by atoms with van der Waals surface area (Å²) in [5, 5.41) is 2.64. The summed E-state index contributed by atoms with van der Waals surface area (Å²) in [5.41, 5.74) is 1.83. The van der Waals surface area contributed by atoms with Crippen LogP contribution >= 0.6 is 0 Å². The maximum absolute atomic E-state index is 11.5. The first-order valence-electron chi connectivity index (χ1n) is 8.26. The van der Waals surface area contributed by atoms with Gasteiger partial charge in [0.2, 0.25) is 11.9 Å². The SMILES string of the molecule is CNC(=O)CCc1cc(C)nc([C@H]2CCCN2c2ncccn2)n1. The van der Waals surface area contributed by atoms with Crippen LogP contribution in [0.4, 0.5) is 5.95 Å². The van der Waals surface area contributed by atoms with Crippen molar-refractivity contribution in [2.75, 3.05) is 18.5 Å². The number of hydrogen-bond acceptors (Lipinski definition) is 6. The van der Waals surface area contributed by atoms with E-state index in [1.54, 1.807) is 19.4 Å². The maximum atomic E-state index is 11.5. The van der Waals surface area contributed by atoms with Gasteiger partial charge in [0.15, 0.2) is 5.82 Å². The van der Waals surface area contributed by atoms with Gasteiger partial charge in [0.1, 0.15) is 0 Å². The van der Waals surface area contributed by atoms with Crippen molar-refractivity contribution in [2.45, 2.75) is 38.6 Å². The van der Waals surface area contributed by atoms with Crippen LogP contribution in [-0.2, 0) is 11.2 Å². The van der Waals surface area contributed by atoms with E-state index in [0.29, 0.717) is 12.8 Å². The summed E-state index contributed by atoms with van der Waals surface area (Å²) in [4.78, 5) is 31.7. The number of rotatable bonds is 5. The summed E-state index contributed by atoms with van der Waals surface area (Å²) >= 11 is 0. The highest BCUT2D eigenvalue weighted by atomic mass is 16.1. The number of aryl methyl sites for hydroxylation is 2. The minimum absolute atomic E-state index is 0.0213. The monoisotopic (exact) mass is 326 g/mol. The van der Waals surface area contributed by atoms with Crippen molar-refractivity contribution in [3.05, 3.63) is 41.7 Å². The molecule has 1 N–H and O–H groups in total. The molecule has 3 heterocycles. The summed E-state index contributed by atoms with van der Waals surface area (Å²) < 4.78 is 0. The Morgan fingerprint density at radius 2 is 2.12 bits per heavy atom. The summed E-state index contributed by atoms with van der Waals surface area (Å²) in [7, 11) is 1.65. The van der Waals surface area contributed by atoms with Crippen LogP contribution in [0.25, 0.3) is 0 Å². The molecule has 0 aromatic carbocycles. The van der Waals surface area contributed by atoms with Crippen molar-refractivity contribution in [3.8, 4) is 0 Å². The average Bonchev–Trinajstić information content (AvgIpc) is 3.09. The van der Waals surface area contributed by atoms with E-state index in [4.69, 9.17) is 4.98 Å². The molecule has 0 saturated carbocycles. The van der Waals surface area contributed by atoms with E-state index in [0.717, 1.165) is 42.5 Å². The Hall–Kier alpha value is -2.57. The zero-order valence-corrected chi connectivity index (χ0v) is 14.1. The zero-order chi connectivity index (χ0) is 16.9. The maximum Gasteiger partial charge on any atom is 0.225 e. The number of anilines is 1. The van der Waals surface area contributed by atoms with Crippen LogP contribution in [0.1, 0.15) is 42.5 Å². The van der Waals surface area contributed by atoms with E-state index < -0.39 is 0 Å². The first kappa shape index (κ1) is 16.3. The molecular weight excluding hydrogens is 304 g/mol. The number of nitrogens with zero attached hydrogens (tertiary/aromatic N) is 5. The Bertz CT molecular complexity index is 705. The van der Waals surface area contributed by atoms with Gasteiger partial charge >= 0.3 is 0 Å². The average molecular weight is 326 g/mol. The molecule has 3 rings (SSSR count). The van der Waals surface area contributed by atoms with Gasteiger partial charge in [-0.1, -0.05) is 0 Å². The summed E-state index contributed by atoms with van der Waals surface area (Å²) in [6.45, 7) is 2.87. The van der Waals surface area contributed by atoms with Crippen molar-refractivity contribution >= 4 is 11.9 Å². The van der Waals surface area contributed by atoms with Crippen LogP contribution in [0.15, 0.2) is 24.5 Å². The Balaban J connectivity index is 1.82. The molecule has 126 valence electrons. The lowest BCUT2D eigenvalue weighted by Crippen LogP contribution is -2.26. The molecule has 0 spiro atoms. The fraction of sp³-hybridized carbons (Fsp3) is 0.471. The van der Waals surface area contributed by atoms with Crippen LogP contribution < -0.4 is 10.2 Å². The van der Waals surface area contributed by atoms with Crippen LogP contribution in [0.5, 0.6) is 0 Å². The van der Waals surface area contributed by atoms with Gasteiger partial charge in [0.25, 0.3) is 0 Å². The predicted octanol–water partition coefficient (Wildman–Crippen LogP) is 1.60. The third kappa shape index (κ3) is 3.67. The molecule has 0 bridgehead atoms. The molecule has 1 fully saturated rings. The van der Waals surface area contributed by atoms with Crippen molar-refractivity contribution in [1.29, 1.82) is 0 Å². The second-order valence-electron chi connectivity index (χ2n) is 5.93. The van der Waals surface area contributed by atoms with Gasteiger partial charge in [-0.05, 0) is 38.3 Å². The topological polar surface area (TPSA) is 83.9 Å². The Kier molecular flexibility index (Phi) is 4.98. The first-order valence-corrected chi connectivity index (χ1v) is 8.26. The molecule has 0 radical (unpaired) electrons. The quantitative estimate of drug-likeness (QED) is 0.898. The van der Waals surface area contributed by atoms with Gasteiger partial charge < -0.3 is 10.2 Å². The van der Waals surface area contributed by atoms with Gasteiger partial charge in [0.05, 0.1) is 6.04 Å². The third-order valence-electron chi connectivity index (χ3n) is 4.17. The van der Waals surface area contributed by atoms with Crippen molar-refractivity contribution in [2.24, 2.45) is 0 Å². The van der Waals surface area contributed by atoms with E-state index in [-0.39, 0.29) is 11.9 Å². The minimum atomic E-state index is 0.0213. The second kappa shape index (κ2) is 7.33. The number of hydrogen-bond donors (Lipinski definition) is 1. The van der Waals surface area contributed by atoms with E-state index in [1.165, 1.54) is 0 Å². The number of carbonyl (C=O) groups is 1. The molecule has 1 aliphatic heterocycles. The smallest absolute Gasteiger partial charge is 0.225 e. The highest BCUT2D eigenvalue weighted by molar-refractivity contribution is 5.75. The van der Waals surface area contributed by atoms with E-state index in [1.807, 2.05) is 19.1 Å². The second-order valence-corrected chi connectivity index (χ2v) is 5.93. The molecule has 1 atom stereocenters. The Morgan fingerprint density at radius 3 is 2.88 bits per heavy atom. The highest BCUT2D eigenvalue weighted by Crippen LogP contribution is 2.32. The molecule has 1 aliphatic rings. The fourth-order valence-electron chi connectivity index (χ4n) is 3.02. The number of nitrogens with one attached hydrogen (secondary N) is 1. The zero-order valence-electron chi connectivity index (χ0n) is 14.1. The molecule has 1 amide bonds. The van der Waals surface area contributed by atoms with Crippen molar-refractivity contribution in [3.63, 3.8) is 0 Å². The van der Waals surface area contributed by atoms with E-state index >= 15 is 0 Å². The number of amides is 1. The first-order chi connectivity index (χ1) is 11.7. The molecule has 7 heteroatoms. The molecule has 2 aromatic rings. The Morgan fingerprint density at radius 1 is 1.33 bits per heavy atom. The third-order valence-corrected chi connectivity index (χ3v) is 4.17. The van der Waals surface area contributed by atoms with Gasteiger partial charge in [0, 0.05) is 43.8 Å². The molecule has 2 aromatic heterocycles. The van der Waals surface area contributed by atoms with Gasteiger partial charge in [-0.2, -0.15) is 0 Å². The summed E-state index contributed by atoms with van der Waals surface area (Å²) in [6, 6.07) is 3.85. The predicted molar refractivity (Wildman–Crippen MR) is 90.5 cm³/mol. The van der Waals surface area contributed by atoms with Crippen LogP contribution in [0.2, 0.25) is 0 Å². The van der Waals surface area contributed by atoms with Crippen LogP contribution in [0, 0.1) is 6.92 Å². The highest BCUT2D eigenvalue weighted by Gasteiger charge is 2.30.